The van der Waals surface area contributed by atoms with E-state index >= 15 is 0 Å². The smallest absolute Gasteiger partial charge is 0.270 e. The molecule has 2 aromatic rings. The van der Waals surface area contributed by atoms with Gasteiger partial charge < -0.3 is 10.6 Å². The Morgan fingerprint density at radius 2 is 1.75 bits per heavy atom. The number of hydrogen-bond donors (Lipinski definition) is 2. The maximum atomic E-state index is 11.9. The minimum Gasteiger partial charge on any atom is -0.354 e. The summed E-state index contributed by atoms with van der Waals surface area (Å²) in [5.41, 5.74) is 1.08. The number of hydrogen-bond acceptors (Lipinski definition) is 4. The van der Waals surface area contributed by atoms with Crippen molar-refractivity contribution in [1.29, 1.82) is 0 Å². The molecule has 0 unspecified atom stereocenters. The zero-order valence-corrected chi connectivity index (χ0v) is 12.9. The van der Waals surface area contributed by atoms with E-state index in [0.717, 1.165) is 5.56 Å². The van der Waals surface area contributed by atoms with Gasteiger partial charge >= 0.3 is 0 Å². The van der Waals surface area contributed by atoms with Gasteiger partial charge in [0.15, 0.2) is 0 Å². The largest absolute Gasteiger partial charge is 0.354 e. The highest BCUT2D eigenvalue weighted by atomic mass is 16.6. The summed E-state index contributed by atoms with van der Waals surface area (Å²) in [7, 11) is 0. The van der Waals surface area contributed by atoms with Crippen LogP contribution in [0.3, 0.4) is 0 Å². The first kappa shape index (κ1) is 17.1. The summed E-state index contributed by atoms with van der Waals surface area (Å²) >= 11 is 0. The third-order valence-electron chi connectivity index (χ3n) is 3.31. The monoisotopic (exact) mass is 327 g/mol. The van der Waals surface area contributed by atoms with Crippen molar-refractivity contribution < 1.29 is 14.5 Å². The lowest BCUT2D eigenvalue weighted by atomic mass is 10.1. The van der Waals surface area contributed by atoms with Crippen LogP contribution in [0.15, 0.2) is 54.6 Å². The lowest BCUT2D eigenvalue weighted by molar-refractivity contribution is -0.384. The van der Waals surface area contributed by atoms with Crippen molar-refractivity contribution >= 4 is 17.5 Å². The van der Waals surface area contributed by atoms with Crippen molar-refractivity contribution in [1.82, 2.24) is 10.6 Å². The Labute approximate surface area is 138 Å². The van der Waals surface area contributed by atoms with Crippen LogP contribution in [0.4, 0.5) is 5.69 Å². The molecule has 2 aromatic carbocycles. The number of nitrogens with one attached hydrogen (secondary N) is 2. The Hall–Kier alpha value is -3.22. The highest BCUT2D eigenvalue weighted by molar-refractivity contribution is 5.96. The van der Waals surface area contributed by atoms with Gasteiger partial charge in [0.25, 0.3) is 11.6 Å². The molecule has 0 aliphatic rings. The zero-order chi connectivity index (χ0) is 17.4. The first-order valence-electron chi connectivity index (χ1n) is 7.39. The van der Waals surface area contributed by atoms with Crippen molar-refractivity contribution in [3.8, 4) is 0 Å². The fraction of sp³-hybridized carbons (Fsp3) is 0.176. The van der Waals surface area contributed by atoms with E-state index in [0.29, 0.717) is 13.0 Å². The number of nitrogens with zero attached hydrogens (tertiary/aromatic N) is 1. The molecule has 0 aliphatic heterocycles. The topological polar surface area (TPSA) is 101 Å². The second-order valence-electron chi connectivity index (χ2n) is 5.08. The molecular formula is C17H17N3O4. The van der Waals surface area contributed by atoms with Gasteiger partial charge in [-0.15, -0.1) is 0 Å². The van der Waals surface area contributed by atoms with Crippen LogP contribution in [-0.2, 0) is 11.2 Å². The van der Waals surface area contributed by atoms with Crippen LogP contribution in [0.25, 0.3) is 0 Å². The van der Waals surface area contributed by atoms with Gasteiger partial charge in [0, 0.05) is 24.2 Å². The van der Waals surface area contributed by atoms with Gasteiger partial charge in [-0.3, -0.25) is 19.7 Å². The molecule has 7 heteroatoms. The highest BCUT2D eigenvalue weighted by Gasteiger charge is 2.12. The first-order chi connectivity index (χ1) is 11.6. The number of non-ortho nitro benzene ring substituents is 1. The summed E-state index contributed by atoms with van der Waals surface area (Å²) in [6.07, 6.45) is 0.700. The van der Waals surface area contributed by atoms with E-state index in [4.69, 9.17) is 0 Å². The molecule has 0 heterocycles. The van der Waals surface area contributed by atoms with Crippen LogP contribution in [0.1, 0.15) is 15.9 Å². The molecule has 124 valence electrons. The molecule has 0 bridgehead atoms. The van der Waals surface area contributed by atoms with E-state index in [2.05, 4.69) is 10.6 Å². The van der Waals surface area contributed by atoms with E-state index in [1.807, 2.05) is 30.3 Å². The standard InChI is InChI=1S/C17H17N3O4/c21-16(18-10-9-13-5-2-1-3-6-13)12-19-17(22)14-7-4-8-15(11-14)20(23)24/h1-8,11H,9-10,12H2,(H,18,21)(H,19,22). The summed E-state index contributed by atoms with van der Waals surface area (Å²) < 4.78 is 0. The summed E-state index contributed by atoms with van der Waals surface area (Å²) in [5.74, 6) is -0.846. The van der Waals surface area contributed by atoms with Crippen LogP contribution in [0.2, 0.25) is 0 Å². The van der Waals surface area contributed by atoms with Gasteiger partial charge in [-0.25, -0.2) is 0 Å². The Bertz CT molecular complexity index is 732. The molecule has 24 heavy (non-hydrogen) atoms. The number of nitro benzene ring substituents is 1. The van der Waals surface area contributed by atoms with Crippen molar-refractivity contribution in [2.45, 2.75) is 6.42 Å². The van der Waals surface area contributed by atoms with Gasteiger partial charge in [0.2, 0.25) is 5.91 Å². The average Bonchev–Trinajstić information content (AvgIpc) is 2.60. The first-order valence-corrected chi connectivity index (χ1v) is 7.39. The maximum Gasteiger partial charge on any atom is 0.270 e. The summed E-state index contributed by atoms with van der Waals surface area (Å²) in [6.45, 7) is 0.284. The number of benzene rings is 2. The number of carbonyl (C=O) groups excluding carboxylic acids is 2. The SMILES string of the molecule is O=C(CNC(=O)c1cccc([N+](=O)[O-])c1)NCCc1ccccc1. The summed E-state index contributed by atoms with van der Waals surface area (Å²) in [6, 6.07) is 15.1. The van der Waals surface area contributed by atoms with Crippen LogP contribution in [0, 0.1) is 10.1 Å². The number of rotatable bonds is 7. The zero-order valence-electron chi connectivity index (χ0n) is 12.9. The quantitative estimate of drug-likeness (QED) is 0.597. The number of amides is 2. The third kappa shape index (κ3) is 5.20. The highest BCUT2D eigenvalue weighted by Crippen LogP contribution is 2.12. The summed E-state index contributed by atoms with van der Waals surface area (Å²) in [5, 5.41) is 15.8. The minimum atomic E-state index is -0.576. The van der Waals surface area contributed by atoms with E-state index in [1.165, 1.54) is 24.3 Å². The van der Waals surface area contributed by atoms with E-state index in [-0.39, 0.29) is 23.7 Å². The van der Waals surface area contributed by atoms with E-state index in [1.54, 1.807) is 0 Å². The maximum absolute atomic E-state index is 11.9. The van der Waals surface area contributed by atoms with Crippen molar-refractivity contribution in [3.05, 3.63) is 75.8 Å². The molecule has 0 radical (unpaired) electrons. The van der Waals surface area contributed by atoms with Gasteiger partial charge in [0.05, 0.1) is 11.5 Å². The van der Waals surface area contributed by atoms with Crippen LogP contribution < -0.4 is 10.6 Å². The lowest BCUT2D eigenvalue weighted by Crippen LogP contribution is -2.37. The van der Waals surface area contributed by atoms with Crippen molar-refractivity contribution in [2.75, 3.05) is 13.1 Å². The Morgan fingerprint density at radius 1 is 1.00 bits per heavy atom. The van der Waals surface area contributed by atoms with Crippen LogP contribution in [0.5, 0.6) is 0 Å². The van der Waals surface area contributed by atoms with Gasteiger partial charge in [0.1, 0.15) is 0 Å². The van der Waals surface area contributed by atoms with E-state index in [9.17, 15) is 19.7 Å². The van der Waals surface area contributed by atoms with Gasteiger partial charge in [-0.2, -0.15) is 0 Å². The molecule has 2 N–H and O–H groups in total. The Kier molecular flexibility index (Phi) is 6.01. The van der Waals surface area contributed by atoms with Crippen molar-refractivity contribution in [3.63, 3.8) is 0 Å². The number of nitro groups is 1. The molecule has 0 saturated carbocycles. The molecule has 7 nitrogen and oxygen atoms in total. The second-order valence-corrected chi connectivity index (χ2v) is 5.08. The fourth-order valence-electron chi connectivity index (χ4n) is 2.08. The fourth-order valence-corrected chi connectivity index (χ4v) is 2.08. The minimum absolute atomic E-state index is 0.140. The van der Waals surface area contributed by atoms with Gasteiger partial charge in [-0.05, 0) is 18.1 Å². The van der Waals surface area contributed by atoms with Gasteiger partial charge in [-0.1, -0.05) is 36.4 Å². The normalized spacial score (nSPS) is 10.0. The molecule has 0 atom stereocenters. The second kappa shape index (κ2) is 8.42. The molecule has 2 rings (SSSR count). The molecule has 0 fully saturated rings. The predicted octanol–water partition coefficient (Wildman–Crippen LogP) is 1.68. The average molecular weight is 327 g/mol. The predicted molar refractivity (Wildman–Crippen MR) is 88.6 cm³/mol. The summed E-state index contributed by atoms with van der Waals surface area (Å²) in [4.78, 5) is 33.7. The Balaban J connectivity index is 1.76. The Morgan fingerprint density at radius 3 is 2.46 bits per heavy atom. The van der Waals surface area contributed by atoms with Crippen LogP contribution >= 0.6 is 0 Å². The lowest BCUT2D eigenvalue weighted by Gasteiger charge is -2.07. The molecule has 2 amide bonds. The number of carbonyl (C=O) groups is 2. The third-order valence-corrected chi connectivity index (χ3v) is 3.31. The molecule has 0 spiro atoms. The molecular weight excluding hydrogens is 310 g/mol. The molecule has 0 aliphatic carbocycles. The van der Waals surface area contributed by atoms with Crippen molar-refractivity contribution in [2.24, 2.45) is 0 Å². The van der Waals surface area contributed by atoms with E-state index < -0.39 is 10.8 Å². The molecule has 0 saturated heterocycles. The molecule has 0 aromatic heterocycles. The van der Waals surface area contributed by atoms with Crippen LogP contribution in [-0.4, -0.2) is 29.8 Å².